The average Bonchev–Trinajstić information content (AvgIpc) is 1.66. The SMILES string of the molecule is Brc1ccnc2[nH]ccc12.CC(C)(C)OC(=O)n1c(O[B]O)cc2c(-c3cccc(F)c3)ccnc21.CC(C)(C)OC(=O)n1ccc2c(-c3cccc(F)c3)ccnc21.CC(C)(C)OC(=O)n1ccc2c(Br)ccnc21.CC(I)(I)I.OB(O)c1cccc(F)c1. The molecule has 0 amide bonds. The fourth-order valence-corrected chi connectivity index (χ4v) is 8.94. The quantitative estimate of drug-likeness (QED) is 0.0544. The van der Waals surface area contributed by atoms with Crippen molar-refractivity contribution >= 4 is 182 Å². The van der Waals surface area contributed by atoms with Crippen LogP contribution in [-0.2, 0) is 14.2 Å². The predicted octanol–water partition coefficient (Wildman–Crippen LogP) is 16.5. The van der Waals surface area contributed by atoms with Gasteiger partial charge in [0, 0.05) is 79.9 Å². The van der Waals surface area contributed by atoms with E-state index in [1.165, 1.54) is 57.8 Å². The summed E-state index contributed by atoms with van der Waals surface area (Å²) in [7, 11) is -1.12. The minimum atomic E-state index is -1.59. The minimum absolute atomic E-state index is 0.0353. The first-order valence-electron chi connectivity index (χ1n) is 27.3. The van der Waals surface area contributed by atoms with Crippen LogP contribution in [-0.4, -0.2) is 103 Å². The van der Waals surface area contributed by atoms with Crippen LogP contribution in [0.1, 0.15) is 69.2 Å². The maximum absolute atomic E-state index is 13.6. The van der Waals surface area contributed by atoms with Gasteiger partial charge in [0.05, 0.1) is 0 Å². The van der Waals surface area contributed by atoms with E-state index in [0.29, 0.717) is 34.9 Å². The van der Waals surface area contributed by atoms with Gasteiger partial charge in [-0.1, -0.05) is 104 Å². The highest BCUT2D eigenvalue weighted by molar-refractivity contribution is 14.3. The molecule has 91 heavy (non-hydrogen) atoms. The van der Waals surface area contributed by atoms with E-state index in [9.17, 15) is 27.6 Å². The van der Waals surface area contributed by atoms with Gasteiger partial charge in [0.1, 0.15) is 45.0 Å². The van der Waals surface area contributed by atoms with Crippen molar-refractivity contribution in [2.24, 2.45) is 0 Å². The maximum Gasteiger partial charge on any atom is 0.570 e. The number of H-pyrrole nitrogens is 1. The third-order valence-corrected chi connectivity index (χ3v) is 12.9. The van der Waals surface area contributed by atoms with Gasteiger partial charge in [0.2, 0.25) is 0 Å². The third kappa shape index (κ3) is 22.4. The molecule has 1 radical (unpaired) electrons. The summed E-state index contributed by atoms with van der Waals surface area (Å²) in [5.74, 6) is -1.11. The van der Waals surface area contributed by atoms with Gasteiger partial charge < -0.3 is 38.9 Å². The van der Waals surface area contributed by atoms with Crippen molar-refractivity contribution in [2.45, 2.75) is 85.5 Å². The van der Waals surface area contributed by atoms with Crippen LogP contribution < -0.4 is 10.1 Å². The summed E-state index contributed by atoms with van der Waals surface area (Å²) in [4.78, 5) is 56.6. The van der Waals surface area contributed by atoms with Gasteiger partial charge in [0.25, 0.3) is 0 Å². The number of aromatic amines is 1. The molecule has 0 aliphatic heterocycles. The van der Waals surface area contributed by atoms with Crippen LogP contribution in [0.2, 0.25) is 0 Å². The normalized spacial score (nSPS) is 11.3. The lowest BCUT2D eigenvalue weighted by Crippen LogP contribution is -2.29. The lowest BCUT2D eigenvalue weighted by molar-refractivity contribution is 0.0526. The van der Waals surface area contributed by atoms with Crippen molar-refractivity contribution in [3.8, 4) is 28.1 Å². The minimum Gasteiger partial charge on any atom is -0.524 e. The molecule has 0 fully saturated rings. The van der Waals surface area contributed by atoms with Crippen LogP contribution in [0.4, 0.5) is 27.6 Å². The molecule has 0 spiro atoms. The van der Waals surface area contributed by atoms with Crippen LogP contribution >= 0.6 is 99.6 Å². The number of alkyl halides is 3. The average molecular weight is 1710 g/mol. The van der Waals surface area contributed by atoms with E-state index in [1.54, 1.807) is 94.2 Å². The Balaban J connectivity index is 0.000000185. The van der Waals surface area contributed by atoms with Crippen LogP contribution in [0.3, 0.4) is 0 Å². The number of benzene rings is 3. The fraction of sp³-hybridized carbons (Fsp3) is 0.222. The van der Waals surface area contributed by atoms with E-state index in [-0.39, 0.29) is 28.6 Å². The molecule has 11 aromatic rings. The van der Waals surface area contributed by atoms with Gasteiger partial charge >= 0.3 is 33.1 Å². The number of carbonyl (C=O) groups excluding carboxylic acids is 3. The lowest BCUT2D eigenvalue weighted by Gasteiger charge is -2.20. The molecule has 0 saturated heterocycles. The van der Waals surface area contributed by atoms with E-state index < -0.39 is 48.0 Å². The number of aromatic nitrogens is 8. The number of nitrogens with one attached hydrogen (secondary N) is 1. The highest BCUT2D eigenvalue weighted by atomic mass is 127. The number of hydrogen-bond donors (Lipinski definition) is 4. The highest BCUT2D eigenvalue weighted by Crippen LogP contribution is 2.35. The highest BCUT2D eigenvalue weighted by Gasteiger charge is 2.26. The second-order valence-corrected chi connectivity index (χ2v) is 36.7. The molecule has 0 aliphatic rings. The summed E-state index contributed by atoms with van der Waals surface area (Å²) < 4.78 is 66.8. The zero-order chi connectivity index (χ0) is 67.2. The molecule has 0 bridgehead atoms. The zero-order valence-corrected chi connectivity index (χ0v) is 60.2. The Morgan fingerprint density at radius 2 is 0.967 bits per heavy atom. The topological polar surface area (TPSA) is 231 Å². The zero-order valence-electron chi connectivity index (χ0n) is 50.6. The van der Waals surface area contributed by atoms with E-state index in [4.69, 9.17) is 33.9 Å². The van der Waals surface area contributed by atoms with Crippen molar-refractivity contribution in [3.05, 3.63) is 191 Å². The van der Waals surface area contributed by atoms with Gasteiger partial charge in [0.15, 0.2) is 17.2 Å². The largest absolute Gasteiger partial charge is 0.570 e. The monoisotopic (exact) mass is 1710 g/mol. The molecular formula is C63H61B2Br2F3I3N8O10. The number of hydrogen-bond acceptors (Lipinski definition) is 14. The second kappa shape index (κ2) is 32.4. The Hall–Kier alpha value is -6.42. The molecule has 0 atom stereocenters. The molecule has 0 unspecified atom stereocenters. The van der Waals surface area contributed by atoms with E-state index in [2.05, 4.69) is 131 Å². The van der Waals surface area contributed by atoms with Gasteiger partial charge in [-0.2, -0.15) is 4.57 Å². The number of halogens is 8. The van der Waals surface area contributed by atoms with Crippen molar-refractivity contribution < 1.29 is 61.5 Å². The summed E-state index contributed by atoms with van der Waals surface area (Å²) in [5, 5.41) is 29.4. The molecular weight excluding hydrogens is 1650 g/mol. The molecule has 0 saturated carbocycles. The van der Waals surface area contributed by atoms with Crippen LogP contribution in [0.5, 0.6) is 5.88 Å². The number of rotatable bonds is 5. The Kier molecular flexibility index (Phi) is 26.2. The summed E-state index contributed by atoms with van der Waals surface area (Å²) in [6, 6.07) is 32.0. The number of carbonyl (C=O) groups is 3. The summed E-state index contributed by atoms with van der Waals surface area (Å²) in [6.45, 7) is 18.3. The Labute approximate surface area is 581 Å². The summed E-state index contributed by atoms with van der Waals surface area (Å²) in [6.07, 6.45) is 10.1. The molecule has 8 heterocycles. The summed E-state index contributed by atoms with van der Waals surface area (Å²) in [5.41, 5.74) is 3.46. The Morgan fingerprint density at radius 3 is 1.43 bits per heavy atom. The molecule has 3 aromatic carbocycles. The molecule has 11 rings (SSSR count). The van der Waals surface area contributed by atoms with E-state index >= 15 is 0 Å². The van der Waals surface area contributed by atoms with Gasteiger partial charge in [-0.05, 0) is 208 Å². The molecule has 4 N–H and O–H groups in total. The first-order chi connectivity index (χ1) is 42.6. The fourth-order valence-electron chi connectivity index (χ4n) is 8.07. The van der Waals surface area contributed by atoms with Crippen LogP contribution in [0.25, 0.3) is 66.4 Å². The van der Waals surface area contributed by atoms with Crippen molar-refractivity contribution in [2.75, 3.05) is 0 Å². The van der Waals surface area contributed by atoms with E-state index in [0.717, 1.165) is 52.5 Å². The smallest absolute Gasteiger partial charge is 0.524 e. The van der Waals surface area contributed by atoms with Crippen LogP contribution in [0.15, 0.2) is 174 Å². The Bertz CT molecular complexity index is 4290. The van der Waals surface area contributed by atoms with Gasteiger partial charge in [-0.25, -0.2) is 56.6 Å². The number of fused-ring (bicyclic) bond motifs is 4. The predicted molar refractivity (Wildman–Crippen MR) is 382 cm³/mol. The third-order valence-electron chi connectivity index (χ3n) is 11.5. The van der Waals surface area contributed by atoms with Crippen molar-refractivity contribution in [1.82, 2.24) is 38.6 Å². The molecule has 0 aliphatic carbocycles. The van der Waals surface area contributed by atoms with E-state index in [1.807, 2.05) is 78.1 Å². The van der Waals surface area contributed by atoms with Crippen molar-refractivity contribution in [1.29, 1.82) is 0 Å². The maximum atomic E-state index is 13.6. The standard InChI is InChI=1S/C18H17BFN2O4.C18H17FN2O2.C12H13BrN2O2.C7H5BrN2.C6H6BFO2.C2H3I3/c1-18(2,3)25-17(23)22-15(26-19-24)10-14-13(7-8-21-16(14)22)11-5-4-6-12(20)9-11;1-18(2,3)23-17(22)21-10-8-15-14(7-9-20-16(15)21)12-5-4-6-13(19)11-12;1-12(2,3)17-11(16)15-7-5-8-9(13)4-6-14-10(8)15;8-6-2-4-10-7-5(6)1-3-9-7;8-6-3-1-2-5(4-6)7(9)10;1-2(3,4)5/h4-10,24H,1-3H3;4-11H,1-3H3;4-7H,1-3H3;1-4H,(H,9,10);1-4,9-10H;1H3. The lowest BCUT2D eigenvalue weighted by atomic mass is 9.80. The van der Waals surface area contributed by atoms with Crippen LogP contribution in [0, 0.1) is 17.5 Å². The Morgan fingerprint density at radius 1 is 0.538 bits per heavy atom. The number of nitrogens with zero attached hydrogens (tertiary/aromatic N) is 7. The second-order valence-electron chi connectivity index (χ2n) is 22.3. The number of ether oxygens (including phenoxy) is 3. The van der Waals surface area contributed by atoms with Crippen molar-refractivity contribution in [3.63, 3.8) is 0 Å². The first-order valence-corrected chi connectivity index (χ1v) is 32.1. The molecule has 8 aromatic heterocycles. The number of pyridine rings is 4. The molecule has 18 nitrogen and oxygen atoms in total. The summed E-state index contributed by atoms with van der Waals surface area (Å²) >= 11 is 13.9. The first kappa shape index (κ1) is 73.6. The molecule has 475 valence electrons. The van der Waals surface area contributed by atoms with Gasteiger partial charge in [-0.3, -0.25) is 0 Å². The van der Waals surface area contributed by atoms with Gasteiger partial charge in [-0.15, -0.1) is 0 Å². The molecule has 28 heteroatoms.